The van der Waals surface area contributed by atoms with E-state index in [1.54, 1.807) is 0 Å². The van der Waals surface area contributed by atoms with E-state index in [2.05, 4.69) is 60.4 Å². The van der Waals surface area contributed by atoms with Crippen LogP contribution in [0, 0.1) is 0 Å². The lowest BCUT2D eigenvalue weighted by Gasteiger charge is -2.04. The van der Waals surface area contributed by atoms with Crippen molar-refractivity contribution < 1.29 is 9.47 Å². The number of unbranched alkanes of at least 4 members (excludes halogenated alkanes) is 1. The van der Waals surface area contributed by atoms with Crippen molar-refractivity contribution in [3.8, 4) is 22.5 Å². The summed E-state index contributed by atoms with van der Waals surface area (Å²) in [5, 5.41) is 0. The number of aromatic amines is 1. The first-order valence-electron chi connectivity index (χ1n) is 10.2. The van der Waals surface area contributed by atoms with Gasteiger partial charge in [-0.15, -0.1) is 0 Å². The summed E-state index contributed by atoms with van der Waals surface area (Å²) in [4.78, 5) is 8.46. The van der Waals surface area contributed by atoms with Crippen LogP contribution in [0.1, 0.15) is 32.0 Å². The quantitative estimate of drug-likeness (QED) is 0.423. The number of imidazole rings is 1. The Balaban J connectivity index is 1.56. The largest absolute Gasteiger partial charge is 0.379 e. The SMILES string of the molecule is CCCOCCOCCCCc1nc(-c2ccccc2)c(-c2ccccc2)[nH]1. The highest BCUT2D eigenvalue weighted by Gasteiger charge is 2.13. The summed E-state index contributed by atoms with van der Waals surface area (Å²) in [6.07, 6.45) is 4.04. The highest BCUT2D eigenvalue weighted by atomic mass is 16.5. The first kappa shape index (κ1) is 20.3. The molecule has 148 valence electrons. The van der Waals surface area contributed by atoms with Crippen LogP contribution >= 0.6 is 0 Å². The number of nitrogens with zero attached hydrogens (tertiary/aromatic N) is 1. The van der Waals surface area contributed by atoms with Crippen LogP contribution in [-0.4, -0.2) is 36.4 Å². The minimum atomic E-state index is 0.678. The van der Waals surface area contributed by atoms with Crippen molar-refractivity contribution in [2.24, 2.45) is 0 Å². The fourth-order valence-electron chi connectivity index (χ4n) is 3.12. The van der Waals surface area contributed by atoms with Crippen molar-refractivity contribution >= 4 is 0 Å². The van der Waals surface area contributed by atoms with E-state index in [0.717, 1.165) is 67.2 Å². The van der Waals surface area contributed by atoms with E-state index in [4.69, 9.17) is 14.5 Å². The van der Waals surface area contributed by atoms with Crippen LogP contribution in [0.4, 0.5) is 0 Å². The number of aromatic nitrogens is 2. The molecule has 3 rings (SSSR count). The second-order valence-corrected chi connectivity index (χ2v) is 6.82. The van der Waals surface area contributed by atoms with Gasteiger partial charge in [-0.3, -0.25) is 0 Å². The maximum absolute atomic E-state index is 5.63. The number of aryl methyl sites for hydroxylation is 1. The third-order valence-corrected chi connectivity index (χ3v) is 4.54. The van der Waals surface area contributed by atoms with Crippen LogP contribution in [0.3, 0.4) is 0 Å². The average molecular weight is 379 g/mol. The molecule has 0 fully saturated rings. The van der Waals surface area contributed by atoms with E-state index in [1.807, 2.05) is 12.1 Å². The van der Waals surface area contributed by atoms with Gasteiger partial charge in [-0.25, -0.2) is 4.98 Å². The number of benzene rings is 2. The molecule has 1 N–H and O–H groups in total. The average Bonchev–Trinajstić information content (AvgIpc) is 3.18. The van der Waals surface area contributed by atoms with Crippen molar-refractivity contribution in [3.63, 3.8) is 0 Å². The summed E-state index contributed by atoms with van der Waals surface area (Å²) in [5.74, 6) is 1.03. The number of rotatable bonds is 12. The zero-order valence-electron chi connectivity index (χ0n) is 16.7. The summed E-state index contributed by atoms with van der Waals surface area (Å²) >= 11 is 0. The van der Waals surface area contributed by atoms with Crippen LogP contribution in [0.25, 0.3) is 22.5 Å². The van der Waals surface area contributed by atoms with Crippen molar-refractivity contribution in [3.05, 3.63) is 66.5 Å². The third kappa shape index (κ3) is 6.04. The Morgan fingerprint density at radius 1 is 0.750 bits per heavy atom. The molecule has 4 nitrogen and oxygen atoms in total. The van der Waals surface area contributed by atoms with Gasteiger partial charge in [0.15, 0.2) is 0 Å². The predicted molar refractivity (Wildman–Crippen MR) is 114 cm³/mol. The van der Waals surface area contributed by atoms with Gasteiger partial charge in [-0.05, 0) is 19.3 Å². The predicted octanol–water partition coefficient (Wildman–Crippen LogP) is 5.51. The maximum Gasteiger partial charge on any atom is 0.107 e. The van der Waals surface area contributed by atoms with E-state index in [-0.39, 0.29) is 0 Å². The Kier molecular flexibility index (Phi) is 8.28. The zero-order chi connectivity index (χ0) is 19.4. The highest BCUT2D eigenvalue weighted by molar-refractivity contribution is 5.78. The fraction of sp³-hybridized carbons (Fsp3) is 0.375. The van der Waals surface area contributed by atoms with Crippen LogP contribution in [0.15, 0.2) is 60.7 Å². The van der Waals surface area contributed by atoms with Crippen molar-refractivity contribution in [2.45, 2.75) is 32.6 Å². The lowest BCUT2D eigenvalue weighted by Crippen LogP contribution is -2.06. The summed E-state index contributed by atoms with van der Waals surface area (Å²) in [6, 6.07) is 20.8. The second-order valence-electron chi connectivity index (χ2n) is 6.82. The Morgan fingerprint density at radius 3 is 2.07 bits per heavy atom. The maximum atomic E-state index is 5.63. The van der Waals surface area contributed by atoms with E-state index >= 15 is 0 Å². The Morgan fingerprint density at radius 2 is 1.39 bits per heavy atom. The van der Waals surface area contributed by atoms with Gasteiger partial charge in [0.05, 0.1) is 24.6 Å². The van der Waals surface area contributed by atoms with Crippen molar-refractivity contribution in [1.29, 1.82) is 0 Å². The molecule has 0 spiro atoms. The molecule has 1 aromatic heterocycles. The molecule has 0 unspecified atom stereocenters. The molecule has 0 saturated heterocycles. The first-order valence-corrected chi connectivity index (χ1v) is 10.2. The van der Waals surface area contributed by atoms with Crippen LogP contribution in [-0.2, 0) is 15.9 Å². The molecule has 4 heteroatoms. The Hall–Kier alpha value is -2.43. The summed E-state index contributed by atoms with van der Waals surface area (Å²) in [6.45, 7) is 5.06. The normalized spacial score (nSPS) is 11.0. The number of H-pyrrole nitrogens is 1. The third-order valence-electron chi connectivity index (χ3n) is 4.54. The molecule has 0 radical (unpaired) electrons. The number of hydrogen-bond donors (Lipinski definition) is 1. The molecule has 0 aliphatic rings. The minimum absolute atomic E-state index is 0.678. The molecular formula is C24H30N2O2. The molecule has 0 saturated carbocycles. The van der Waals surface area contributed by atoms with Crippen LogP contribution < -0.4 is 0 Å². The van der Waals surface area contributed by atoms with Gasteiger partial charge >= 0.3 is 0 Å². The van der Waals surface area contributed by atoms with Gasteiger partial charge in [0.2, 0.25) is 0 Å². The van der Waals surface area contributed by atoms with Gasteiger partial charge in [0.25, 0.3) is 0 Å². The van der Waals surface area contributed by atoms with Crippen molar-refractivity contribution in [1.82, 2.24) is 9.97 Å². The van der Waals surface area contributed by atoms with Gasteiger partial charge in [-0.2, -0.15) is 0 Å². The summed E-state index contributed by atoms with van der Waals surface area (Å²) in [7, 11) is 0. The van der Waals surface area contributed by atoms with Crippen LogP contribution in [0.5, 0.6) is 0 Å². The highest BCUT2D eigenvalue weighted by Crippen LogP contribution is 2.30. The first-order chi connectivity index (χ1) is 13.9. The monoisotopic (exact) mass is 378 g/mol. The standard InChI is InChI=1S/C24H30N2O2/c1-2-16-27-18-19-28-17-10-9-15-22-25-23(20-11-5-3-6-12-20)24(26-22)21-13-7-4-8-14-21/h3-8,11-14H,2,9-10,15-19H2,1H3,(H,25,26). The number of hydrogen-bond acceptors (Lipinski definition) is 3. The Bertz CT molecular complexity index is 743. The Labute approximate surface area is 167 Å². The lowest BCUT2D eigenvalue weighted by molar-refractivity contribution is 0.0467. The minimum Gasteiger partial charge on any atom is -0.379 e. The lowest BCUT2D eigenvalue weighted by atomic mass is 10.1. The van der Waals surface area contributed by atoms with E-state index in [0.29, 0.717) is 13.2 Å². The van der Waals surface area contributed by atoms with Gasteiger partial charge in [-0.1, -0.05) is 67.6 Å². The molecule has 0 bridgehead atoms. The van der Waals surface area contributed by atoms with Gasteiger partial charge in [0, 0.05) is 30.8 Å². The molecule has 0 aliphatic carbocycles. The fourth-order valence-corrected chi connectivity index (χ4v) is 3.12. The topological polar surface area (TPSA) is 47.1 Å². The molecule has 0 amide bonds. The molecule has 1 heterocycles. The molecule has 3 aromatic rings. The molecule has 28 heavy (non-hydrogen) atoms. The smallest absolute Gasteiger partial charge is 0.107 e. The second kappa shape index (κ2) is 11.4. The number of ether oxygens (including phenoxy) is 2. The van der Waals surface area contributed by atoms with Crippen LogP contribution in [0.2, 0.25) is 0 Å². The van der Waals surface area contributed by atoms with Gasteiger partial charge in [0.1, 0.15) is 5.82 Å². The molecule has 0 atom stereocenters. The van der Waals surface area contributed by atoms with E-state index in [9.17, 15) is 0 Å². The molecular weight excluding hydrogens is 348 g/mol. The van der Waals surface area contributed by atoms with Crippen molar-refractivity contribution in [2.75, 3.05) is 26.4 Å². The number of nitrogens with one attached hydrogen (secondary N) is 1. The summed E-state index contributed by atoms with van der Waals surface area (Å²) < 4.78 is 11.0. The van der Waals surface area contributed by atoms with Gasteiger partial charge < -0.3 is 14.5 Å². The van der Waals surface area contributed by atoms with E-state index < -0.39 is 0 Å². The molecule has 2 aromatic carbocycles. The zero-order valence-corrected chi connectivity index (χ0v) is 16.7. The van der Waals surface area contributed by atoms with E-state index in [1.165, 1.54) is 0 Å². The summed E-state index contributed by atoms with van der Waals surface area (Å²) in [5.41, 5.74) is 4.41. The molecule has 0 aliphatic heterocycles.